The minimum atomic E-state index is -0.312. The van der Waals surface area contributed by atoms with Crippen LogP contribution in [-0.4, -0.2) is 18.3 Å². The molecule has 0 fully saturated rings. The summed E-state index contributed by atoms with van der Waals surface area (Å²) in [7, 11) is 1.61. The van der Waals surface area contributed by atoms with Crippen LogP contribution in [-0.2, 0) is 11.3 Å². The molecule has 1 aromatic carbocycles. The number of carbonyl (C=O) groups is 1. The molecule has 1 rings (SSSR count). The second kappa shape index (κ2) is 12.6. The Morgan fingerprint density at radius 1 is 1.21 bits per heavy atom. The molecule has 1 amide bonds. The lowest BCUT2D eigenvalue weighted by atomic mass is 10.1. The number of alkyl halides is 1. The van der Waals surface area contributed by atoms with Gasteiger partial charge in [-0.25, -0.2) is 0 Å². The summed E-state index contributed by atoms with van der Waals surface area (Å²) in [5.41, 5.74) is 1.16. The Labute approximate surface area is 153 Å². The van der Waals surface area contributed by atoms with E-state index in [1.165, 1.54) is 19.3 Å². The smallest absolute Gasteiger partial charge is 0.261 e. The molecular formula is C19H25BrN2O2. The van der Waals surface area contributed by atoms with Gasteiger partial charge in [-0.2, -0.15) is 5.26 Å². The molecule has 0 aromatic heterocycles. The second-order valence-corrected chi connectivity index (χ2v) is 6.30. The summed E-state index contributed by atoms with van der Waals surface area (Å²) in [4.78, 5) is 12.0. The van der Waals surface area contributed by atoms with Gasteiger partial charge in [0.2, 0.25) is 0 Å². The van der Waals surface area contributed by atoms with Crippen LogP contribution >= 0.6 is 15.9 Å². The van der Waals surface area contributed by atoms with Gasteiger partial charge in [0, 0.05) is 11.9 Å². The van der Waals surface area contributed by atoms with Crippen molar-refractivity contribution >= 4 is 21.8 Å². The van der Waals surface area contributed by atoms with E-state index in [2.05, 4.69) is 21.2 Å². The maximum Gasteiger partial charge on any atom is 0.261 e. The van der Waals surface area contributed by atoms with E-state index in [0.717, 1.165) is 35.9 Å². The molecule has 0 aliphatic rings. The van der Waals surface area contributed by atoms with Gasteiger partial charge in [0.25, 0.3) is 5.91 Å². The van der Waals surface area contributed by atoms with Crippen molar-refractivity contribution in [2.75, 3.05) is 12.4 Å². The van der Waals surface area contributed by atoms with Crippen LogP contribution in [0.25, 0.3) is 0 Å². The van der Waals surface area contributed by atoms with Crippen LogP contribution in [0.5, 0.6) is 5.75 Å². The summed E-state index contributed by atoms with van der Waals surface area (Å²) in [6.07, 6.45) is 8.29. The van der Waals surface area contributed by atoms with Gasteiger partial charge in [-0.1, -0.05) is 53.4 Å². The number of amides is 1. The number of rotatable bonds is 11. The highest BCUT2D eigenvalue weighted by molar-refractivity contribution is 9.09. The lowest BCUT2D eigenvalue weighted by Gasteiger charge is -2.06. The third-order valence-corrected chi connectivity index (χ3v) is 4.22. The van der Waals surface area contributed by atoms with Crippen molar-refractivity contribution in [2.24, 2.45) is 0 Å². The molecule has 0 saturated heterocycles. The molecule has 4 nitrogen and oxygen atoms in total. The van der Waals surface area contributed by atoms with E-state index < -0.39 is 0 Å². The normalized spacial score (nSPS) is 11.0. The van der Waals surface area contributed by atoms with Gasteiger partial charge in [-0.05, 0) is 37.0 Å². The second-order valence-electron chi connectivity index (χ2n) is 5.51. The van der Waals surface area contributed by atoms with Crippen molar-refractivity contribution in [3.63, 3.8) is 0 Å². The number of nitriles is 1. The number of benzene rings is 1. The van der Waals surface area contributed by atoms with Gasteiger partial charge < -0.3 is 10.1 Å². The summed E-state index contributed by atoms with van der Waals surface area (Å²) < 4.78 is 5.09. The number of carbonyl (C=O) groups excluding carboxylic acids is 1. The van der Waals surface area contributed by atoms with E-state index in [0.29, 0.717) is 6.54 Å². The van der Waals surface area contributed by atoms with Crippen LogP contribution in [0.1, 0.15) is 44.1 Å². The number of methoxy groups -OCH3 is 1. The lowest BCUT2D eigenvalue weighted by molar-refractivity contribution is -0.117. The quantitative estimate of drug-likeness (QED) is 0.261. The molecule has 0 unspecified atom stereocenters. The fraction of sp³-hybridized carbons (Fsp3) is 0.474. The maximum absolute atomic E-state index is 12.0. The molecule has 0 saturated carbocycles. The Balaban J connectivity index is 2.34. The van der Waals surface area contributed by atoms with E-state index in [1.807, 2.05) is 30.3 Å². The fourth-order valence-corrected chi connectivity index (χ4v) is 2.62. The third-order valence-electron chi connectivity index (χ3n) is 3.66. The molecule has 1 aromatic rings. The van der Waals surface area contributed by atoms with Gasteiger partial charge in [0.1, 0.15) is 17.4 Å². The van der Waals surface area contributed by atoms with Crippen LogP contribution in [0.2, 0.25) is 0 Å². The highest BCUT2D eigenvalue weighted by Gasteiger charge is 2.08. The third kappa shape index (κ3) is 8.16. The lowest BCUT2D eigenvalue weighted by Crippen LogP contribution is -2.24. The maximum atomic E-state index is 12.0. The van der Waals surface area contributed by atoms with Crippen molar-refractivity contribution in [3.05, 3.63) is 41.5 Å². The Hall–Kier alpha value is -1.80. The van der Waals surface area contributed by atoms with Gasteiger partial charge >= 0.3 is 0 Å². The molecule has 0 spiro atoms. The molecule has 0 atom stereocenters. The monoisotopic (exact) mass is 392 g/mol. The largest absolute Gasteiger partial charge is 0.497 e. The molecule has 0 bridgehead atoms. The zero-order chi connectivity index (χ0) is 17.6. The zero-order valence-electron chi connectivity index (χ0n) is 14.2. The van der Waals surface area contributed by atoms with Gasteiger partial charge in [0.05, 0.1) is 7.11 Å². The number of unbranched alkanes of at least 4 members (excludes halogenated alkanes) is 5. The zero-order valence-corrected chi connectivity index (χ0v) is 15.8. The Morgan fingerprint density at radius 3 is 2.50 bits per heavy atom. The van der Waals surface area contributed by atoms with Crippen LogP contribution in [0.4, 0.5) is 0 Å². The van der Waals surface area contributed by atoms with Crippen LogP contribution in [0.15, 0.2) is 35.9 Å². The molecular weight excluding hydrogens is 368 g/mol. The summed E-state index contributed by atoms with van der Waals surface area (Å²) in [6.45, 7) is 0.397. The van der Waals surface area contributed by atoms with E-state index >= 15 is 0 Å². The van der Waals surface area contributed by atoms with Crippen molar-refractivity contribution in [1.29, 1.82) is 5.26 Å². The standard InChI is InChI=1S/C19H25BrN2O2/c1-24-18-11-9-16(10-12-18)15-22-19(23)17(14-21)8-6-4-2-3-5-7-13-20/h8-12H,2-7,13,15H2,1H3,(H,22,23)/b17-8+. The summed E-state index contributed by atoms with van der Waals surface area (Å²) >= 11 is 3.42. The van der Waals surface area contributed by atoms with E-state index in [-0.39, 0.29) is 11.5 Å². The number of hydrogen-bond donors (Lipinski definition) is 1. The summed E-state index contributed by atoms with van der Waals surface area (Å²) in [5, 5.41) is 13.0. The predicted molar refractivity (Wildman–Crippen MR) is 100 cm³/mol. The SMILES string of the molecule is COc1ccc(CNC(=O)/C(C#N)=C/CCCCCCCBr)cc1. The van der Waals surface area contributed by atoms with Crippen molar-refractivity contribution in [3.8, 4) is 11.8 Å². The predicted octanol–water partition coefficient (Wildman–Crippen LogP) is 4.50. The first-order valence-corrected chi connectivity index (χ1v) is 9.40. The highest BCUT2D eigenvalue weighted by atomic mass is 79.9. The topological polar surface area (TPSA) is 62.1 Å². The van der Waals surface area contributed by atoms with E-state index in [9.17, 15) is 4.79 Å². The number of hydrogen-bond acceptors (Lipinski definition) is 3. The minimum Gasteiger partial charge on any atom is -0.497 e. The number of nitrogens with zero attached hydrogens (tertiary/aromatic N) is 1. The molecule has 0 aliphatic carbocycles. The van der Waals surface area contributed by atoms with E-state index in [1.54, 1.807) is 13.2 Å². The average molecular weight is 393 g/mol. The van der Waals surface area contributed by atoms with Crippen LogP contribution in [0, 0.1) is 11.3 Å². The minimum absolute atomic E-state index is 0.198. The van der Waals surface area contributed by atoms with E-state index in [4.69, 9.17) is 10.00 Å². The molecule has 0 radical (unpaired) electrons. The molecule has 1 N–H and O–H groups in total. The Morgan fingerprint density at radius 2 is 1.88 bits per heavy atom. The average Bonchev–Trinajstić information content (AvgIpc) is 2.62. The fourth-order valence-electron chi connectivity index (χ4n) is 2.23. The van der Waals surface area contributed by atoms with Gasteiger partial charge in [-0.3, -0.25) is 4.79 Å². The van der Waals surface area contributed by atoms with Gasteiger partial charge in [-0.15, -0.1) is 0 Å². The first kappa shape index (κ1) is 20.2. The van der Waals surface area contributed by atoms with Gasteiger partial charge in [0.15, 0.2) is 0 Å². The van der Waals surface area contributed by atoms with Crippen LogP contribution < -0.4 is 10.1 Å². The molecule has 5 heteroatoms. The number of ether oxygens (including phenoxy) is 1. The number of allylic oxidation sites excluding steroid dienone is 1. The van der Waals surface area contributed by atoms with Crippen molar-refractivity contribution in [1.82, 2.24) is 5.32 Å². The number of halogens is 1. The van der Waals surface area contributed by atoms with Crippen molar-refractivity contribution in [2.45, 2.75) is 45.1 Å². The Bertz CT molecular complexity index is 562. The molecule has 0 aliphatic heterocycles. The molecule has 130 valence electrons. The number of nitrogens with one attached hydrogen (secondary N) is 1. The first-order chi connectivity index (χ1) is 11.7. The summed E-state index contributed by atoms with van der Waals surface area (Å²) in [6, 6.07) is 9.46. The highest BCUT2D eigenvalue weighted by Crippen LogP contribution is 2.11. The molecule has 0 heterocycles. The Kier molecular flexibility index (Phi) is 10.6. The summed E-state index contributed by atoms with van der Waals surface area (Å²) in [5.74, 6) is 0.464. The first-order valence-electron chi connectivity index (χ1n) is 8.28. The van der Waals surface area contributed by atoms with Crippen molar-refractivity contribution < 1.29 is 9.53 Å². The molecule has 24 heavy (non-hydrogen) atoms. The van der Waals surface area contributed by atoms with Crippen LogP contribution in [0.3, 0.4) is 0 Å².